The fourth-order valence-corrected chi connectivity index (χ4v) is 1.58. The first-order chi connectivity index (χ1) is 8.38. The van der Waals surface area contributed by atoms with E-state index in [2.05, 4.69) is 18.3 Å². The highest BCUT2D eigenvalue weighted by Crippen LogP contribution is 2.17. The fraction of sp³-hybridized carbons (Fsp3) is 0.571. The van der Waals surface area contributed by atoms with Crippen molar-refractivity contribution >= 4 is 0 Å². The third kappa shape index (κ3) is 5.71. The van der Waals surface area contributed by atoms with E-state index in [0.29, 0.717) is 6.61 Å². The van der Waals surface area contributed by atoms with Crippen molar-refractivity contribution in [3.8, 4) is 5.75 Å². The molecule has 0 atom stereocenters. The van der Waals surface area contributed by atoms with Crippen molar-refractivity contribution < 1.29 is 9.47 Å². The molecular weight excluding hydrogens is 214 g/mol. The van der Waals surface area contributed by atoms with Gasteiger partial charge in [0.05, 0.1) is 6.61 Å². The van der Waals surface area contributed by atoms with Crippen LogP contribution in [-0.2, 0) is 11.2 Å². The number of hydrogen-bond acceptors (Lipinski definition) is 3. The number of nitrogens with one attached hydrogen (secondary N) is 1. The van der Waals surface area contributed by atoms with Crippen LogP contribution in [0, 0.1) is 0 Å². The average molecular weight is 237 g/mol. The highest BCUT2D eigenvalue weighted by molar-refractivity contribution is 5.33. The summed E-state index contributed by atoms with van der Waals surface area (Å²) < 4.78 is 11.0. The number of benzene rings is 1. The molecule has 0 spiro atoms. The zero-order valence-corrected chi connectivity index (χ0v) is 10.9. The predicted molar refractivity (Wildman–Crippen MR) is 70.7 cm³/mol. The molecule has 17 heavy (non-hydrogen) atoms. The van der Waals surface area contributed by atoms with Gasteiger partial charge in [0, 0.05) is 19.7 Å². The summed E-state index contributed by atoms with van der Waals surface area (Å²) in [6.07, 6.45) is 1.01. The molecule has 0 aliphatic rings. The minimum absolute atomic E-state index is 0.698. The van der Waals surface area contributed by atoms with E-state index in [0.717, 1.165) is 38.5 Å². The summed E-state index contributed by atoms with van der Waals surface area (Å²) in [5, 5.41) is 3.28. The molecule has 0 aliphatic carbocycles. The van der Waals surface area contributed by atoms with Crippen molar-refractivity contribution in [2.75, 3.05) is 32.9 Å². The zero-order valence-electron chi connectivity index (χ0n) is 10.9. The summed E-state index contributed by atoms with van der Waals surface area (Å²) >= 11 is 0. The van der Waals surface area contributed by atoms with Gasteiger partial charge in [-0.1, -0.05) is 25.1 Å². The average Bonchev–Trinajstić information content (AvgIpc) is 2.38. The molecule has 0 saturated carbocycles. The maximum absolute atomic E-state index is 5.73. The van der Waals surface area contributed by atoms with Crippen LogP contribution in [0.1, 0.15) is 19.4 Å². The Morgan fingerprint density at radius 3 is 2.59 bits per heavy atom. The normalized spacial score (nSPS) is 10.5. The maximum atomic E-state index is 5.73. The first-order valence-electron chi connectivity index (χ1n) is 6.37. The van der Waals surface area contributed by atoms with E-state index in [4.69, 9.17) is 9.47 Å². The van der Waals surface area contributed by atoms with E-state index in [1.165, 1.54) is 5.56 Å². The minimum atomic E-state index is 0.698. The lowest BCUT2D eigenvalue weighted by molar-refractivity contribution is 0.148. The number of aryl methyl sites for hydroxylation is 1. The molecule has 0 saturated heterocycles. The van der Waals surface area contributed by atoms with E-state index < -0.39 is 0 Å². The molecule has 0 unspecified atom stereocenters. The highest BCUT2D eigenvalue weighted by atomic mass is 16.5. The summed E-state index contributed by atoms with van der Waals surface area (Å²) in [7, 11) is 0. The van der Waals surface area contributed by atoms with Gasteiger partial charge in [-0.05, 0) is 25.0 Å². The molecule has 0 radical (unpaired) electrons. The molecule has 1 aromatic carbocycles. The summed E-state index contributed by atoms with van der Waals surface area (Å²) in [5.41, 5.74) is 1.27. The van der Waals surface area contributed by atoms with Gasteiger partial charge >= 0.3 is 0 Å². The van der Waals surface area contributed by atoms with Crippen LogP contribution in [0.25, 0.3) is 0 Å². The summed E-state index contributed by atoms with van der Waals surface area (Å²) in [6, 6.07) is 8.19. The van der Waals surface area contributed by atoms with E-state index in [-0.39, 0.29) is 0 Å². The van der Waals surface area contributed by atoms with Gasteiger partial charge in [0.15, 0.2) is 0 Å². The maximum Gasteiger partial charge on any atom is 0.122 e. The van der Waals surface area contributed by atoms with Gasteiger partial charge < -0.3 is 14.8 Å². The lowest BCUT2D eigenvalue weighted by Crippen LogP contribution is -2.25. The molecule has 0 aromatic heterocycles. The molecule has 0 fully saturated rings. The van der Waals surface area contributed by atoms with Gasteiger partial charge in [0.1, 0.15) is 12.4 Å². The van der Waals surface area contributed by atoms with Crippen LogP contribution in [0.15, 0.2) is 24.3 Å². The van der Waals surface area contributed by atoms with Gasteiger partial charge in [-0.2, -0.15) is 0 Å². The van der Waals surface area contributed by atoms with Crippen LogP contribution in [0.5, 0.6) is 5.75 Å². The molecule has 3 heteroatoms. The van der Waals surface area contributed by atoms with Crippen LogP contribution >= 0.6 is 0 Å². The van der Waals surface area contributed by atoms with E-state index in [1.807, 2.05) is 25.1 Å². The molecule has 0 heterocycles. The molecule has 0 amide bonds. The van der Waals surface area contributed by atoms with E-state index in [1.54, 1.807) is 0 Å². The largest absolute Gasteiger partial charge is 0.492 e. The number of ether oxygens (including phenoxy) is 2. The Bertz CT molecular complexity index is 302. The monoisotopic (exact) mass is 237 g/mol. The second-order valence-electron chi connectivity index (χ2n) is 3.76. The quantitative estimate of drug-likeness (QED) is 0.668. The van der Waals surface area contributed by atoms with Crippen LogP contribution in [0.3, 0.4) is 0 Å². The van der Waals surface area contributed by atoms with Crippen LogP contribution < -0.4 is 10.1 Å². The predicted octanol–water partition coefficient (Wildman–Crippen LogP) is 2.25. The van der Waals surface area contributed by atoms with Gasteiger partial charge in [-0.3, -0.25) is 0 Å². The van der Waals surface area contributed by atoms with Gasteiger partial charge in [0.25, 0.3) is 0 Å². The first-order valence-corrected chi connectivity index (χ1v) is 6.37. The van der Waals surface area contributed by atoms with Crippen molar-refractivity contribution in [1.29, 1.82) is 0 Å². The molecule has 0 aliphatic heterocycles. The van der Waals surface area contributed by atoms with E-state index >= 15 is 0 Å². The number of rotatable bonds is 9. The fourth-order valence-electron chi connectivity index (χ4n) is 1.58. The smallest absolute Gasteiger partial charge is 0.122 e. The Kier molecular flexibility index (Phi) is 7.43. The molecule has 3 nitrogen and oxygen atoms in total. The van der Waals surface area contributed by atoms with Crippen LogP contribution in [-0.4, -0.2) is 32.9 Å². The van der Waals surface area contributed by atoms with Crippen molar-refractivity contribution in [3.05, 3.63) is 29.8 Å². The van der Waals surface area contributed by atoms with Crippen molar-refractivity contribution in [2.45, 2.75) is 20.3 Å². The van der Waals surface area contributed by atoms with Crippen LogP contribution in [0.4, 0.5) is 0 Å². The Balaban J connectivity index is 2.13. The summed E-state index contributed by atoms with van der Waals surface area (Å²) in [5.74, 6) is 1.00. The number of hydrogen-bond donors (Lipinski definition) is 1. The summed E-state index contributed by atoms with van der Waals surface area (Å²) in [4.78, 5) is 0. The van der Waals surface area contributed by atoms with Crippen molar-refractivity contribution in [3.63, 3.8) is 0 Å². The minimum Gasteiger partial charge on any atom is -0.492 e. The zero-order chi connectivity index (χ0) is 12.3. The van der Waals surface area contributed by atoms with Gasteiger partial charge in [0.2, 0.25) is 0 Å². The SMILES string of the molecule is CCOCCNCCOc1ccccc1CC. The lowest BCUT2D eigenvalue weighted by Gasteiger charge is -2.10. The van der Waals surface area contributed by atoms with Crippen LogP contribution in [0.2, 0.25) is 0 Å². The Labute approximate surface area is 104 Å². The van der Waals surface area contributed by atoms with Gasteiger partial charge in [-0.25, -0.2) is 0 Å². The molecule has 1 N–H and O–H groups in total. The Hall–Kier alpha value is -1.06. The summed E-state index contributed by atoms with van der Waals surface area (Å²) in [6.45, 7) is 8.12. The number of para-hydroxylation sites is 1. The molecule has 0 bridgehead atoms. The topological polar surface area (TPSA) is 30.5 Å². The highest BCUT2D eigenvalue weighted by Gasteiger charge is 1.99. The third-order valence-electron chi connectivity index (χ3n) is 2.52. The Morgan fingerprint density at radius 2 is 1.82 bits per heavy atom. The van der Waals surface area contributed by atoms with Gasteiger partial charge in [-0.15, -0.1) is 0 Å². The van der Waals surface area contributed by atoms with Crippen molar-refractivity contribution in [1.82, 2.24) is 5.32 Å². The molecule has 1 aromatic rings. The van der Waals surface area contributed by atoms with E-state index in [9.17, 15) is 0 Å². The molecule has 1 rings (SSSR count). The third-order valence-corrected chi connectivity index (χ3v) is 2.52. The molecular formula is C14H23NO2. The standard InChI is InChI=1S/C14H23NO2/c1-3-13-7-5-6-8-14(13)17-12-10-15-9-11-16-4-2/h5-8,15H,3-4,9-12H2,1-2H3. The van der Waals surface area contributed by atoms with Crippen molar-refractivity contribution in [2.24, 2.45) is 0 Å². The Morgan fingerprint density at radius 1 is 1.06 bits per heavy atom. The first kappa shape index (κ1) is 14.0. The second-order valence-corrected chi connectivity index (χ2v) is 3.76. The molecule has 96 valence electrons. The lowest BCUT2D eigenvalue weighted by atomic mass is 10.1. The second kappa shape index (κ2) is 9.02.